The van der Waals surface area contributed by atoms with Gasteiger partial charge in [-0.3, -0.25) is 14.3 Å². The molecule has 0 aromatic heterocycles. The van der Waals surface area contributed by atoms with Crippen LogP contribution < -0.4 is 0 Å². The van der Waals surface area contributed by atoms with Crippen molar-refractivity contribution >= 4 is 15.8 Å². The highest BCUT2D eigenvalue weighted by Gasteiger charge is 2.27. The quantitative estimate of drug-likeness (QED) is 0.492. The Hall–Kier alpha value is -2.29. The minimum atomic E-state index is -4.35. The highest BCUT2D eigenvalue weighted by atomic mass is 32.2. The summed E-state index contributed by atoms with van der Waals surface area (Å²) in [6.07, 6.45) is -1.16. The molecule has 1 unspecified atom stereocenters. The smallest absolute Gasteiger partial charge is 0.303 e. The van der Waals surface area contributed by atoms with E-state index in [4.69, 9.17) is 4.18 Å². The first-order chi connectivity index (χ1) is 10.8. The van der Waals surface area contributed by atoms with Gasteiger partial charge in [-0.25, -0.2) is 0 Å². The first-order valence-electron chi connectivity index (χ1n) is 6.69. The molecule has 122 valence electrons. The average Bonchev–Trinajstić information content (AvgIpc) is 2.53. The van der Waals surface area contributed by atoms with Gasteiger partial charge in [-0.2, -0.15) is 8.42 Å². The topological polar surface area (TPSA) is 107 Å². The van der Waals surface area contributed by atoms with Crippen LogP contribution in [0.25, 0.3) is 0 Å². The van der Waals surface area contributed by atoms with Gasteiger partial charge >= 0.3 is 10.1 Å². The van der Waals surface area contributed by atoms with Gasteiger partial charge in [0.2, 0.25) is 0 Å². The summed E-state index contributed by atoms with van der Waals surface area (Å²) in [5, 5.41) is 20.9. The first kappa shape index (κ1) is 17.1. The molecular formula is C15H15NO6S. The van der Waals surface area contributed by atoms with Crippen molar-refractivity contribution in [2.75, 3.05) is 6.61 Å². The lowest BCUT2D eigenvalue weighted by Crippen LogP contribution is -2.14. The fraction of sp³-hybridized carbons (Fsp3) is 0.200. The van der Waals surface area contributed by atoms with Crippen molar-refractivity contribution in [1.29, 1.82) is 0 Å². The molecule has 2 aromatic rings. The largest absolute Gasteiger partial charge is 0.386 e. The van der Waals surface area contributed by atoms with Crippen molar-refractivity contribution in [2.24, 2.45) is 0 Å². The van der Waals surface area contributed by atoms with Gasteiger partial charge in [0.15, 0.2) is 4.90 Å². The molecule has 7 nitrogen and oxygen atoms in total. The molecule has 0 aliphatic carbocycles. The second-order valence-corrected chi connectivity index (χ2v) is 6.47. The molecular weight excluding hydrogens is 322 g/mol. The Morgan fingerprint density at radius 3 is 2.39 bits per heavy atom. The zero-order valence-electron chi connectivity index (χ0n) is 12.2. The van der Waals surface area contributed by atoms with E-state index in [1.807, 2.05) is 6.92 Å². The summed E-state index contributed by atoms with van der Waals surface area (Å²) in [5.41, 5.74) is 0.917. The van der Waals surface area contributed by atoms with Crippen LogP contribution in [0.3, 0.4) is 0 Å². The van der Waals surface area contributed by atoms with Gasteiger partial charge in [-0.15, -0.1) is 0 Å². The number of nitrogens with zero attached hydrogens (tertiary/aromatic N) is 1. The highest BCUT2D eigenvalue weighted by Crippen LogP contribution is 2.25. The minimum Gasteiger partial charge on any atom is -0.386 e. The van der Waals surface area contributed by atoms with Gasteiger partial charge in [-0.05, 0) is 18.6 Å². The number of aliphatic hydroxyl groups is 1. The van der Waals surface area contributed by atoms with Crippen molar-refractivity contribution in [3.8, 4) is 0 Å². The van der Waals surface area contributed by atoms with E-state index in [1.165, 1.54) is 12.1 Å². The van der Waals surface area contributed by atoms with Crippen molar-refractivity contribution in [1.82, 2.24) is 0 Å². The number of nitro groups is 1. The van der Waals surface area contributed by atoms with Crippen LogP contribution in [0.4, 0.5) is 5.69 Å². The third kappa shape index (κ3) is 4.13. The molecule has 0 aliphatic heterocycles. The van der Waals surface area contributed by atoms with E-state index in [0.717, 1.165) is 17.7 Å². The standard InChI is InChI=1S/C15H15NO6S/c1-11-6-8-12(9-7-11)14(17)10-22-23(20,21)15-5-3-2-4-13(15)16(18)19/h2-9,14,17H,10H2,1H3. The second-order valence-electron chi connectivity index (χ2n) is 4.89. The number of rotatable bonds is 6. The number of nitro benzene ring substituents is 1. The minimum absolute atomic E-state index is 0.494. The maximum absolute atomic E-state index is 12.1. The van der Waals surface area contributed by atoms with Gasteiger partial charge in [0.1, 0.15) is 6.10 Å². The first-order valence-corrected chi connectivity index (χ1v) is 8.09. The lowest BCUT2D eigenvalue weighted by molar-refractivity contribution is -0.387. The van der Waals surface area contributed by atoms with E-state index in [-0.39, 0.29) is 0 Å². The molecule has 0 aliphatic rings. The average molecular weight is 337 g/mol. The van der Waals surface area contributed by atoms with Gasteiger partial charge in [0.05, 0.1) is 11.5 Å². The third-order valence-corrected chi connectivity index (χ3v) is 4.50. The summed E-state index contributed by atoms with van der Waals surface area (Å²) in [6, 6.07) is 11.7. The summed E-state index contributed by atoms with van der Waals surface area (Å²) in [6.45, 7) is 1.35. The molecule has 0 radical (unpaired) electrons. The number of hydrogen-bond acceptors (Lipinski definition) is 6. The molecule has 0 fully saturated rings. The molecule has 23 heavy (non-hydrogen) atoms. The maximum Gasteiger partial charge on any atom is 0.303 e. The van der Waals surface area contributed by atoms with Gasteiger partial charge in [0, 0.05) is 6.07 Å². The molecule has 1 N–H and O–H groups in total. The van der Waals surface area contributed by atoms with Crippen LogP contribution >= 0.6 is 0 Å². The van der Waals surface area contributed by atoms with E-state index in [0.29, 0.717) is 5.56 Å². The van der Waals surface area contributed by atoms with E-state index in [1.54, 1.807) is 24.3 Å². The molecule has 0 saturated carbocycles. The highest BCUT2D eigenvalue weighted by molar-refractivity contribution is 7.87. The zero-order chi connectivity index (χ0) is 17.0. The van der Waals surface area contributed by atoms with Crippen LogP contribution in [0, 0.1) is 17.0 Å². The van der Waals surface area contributed by atoms with Crippen LogP contribution in [0.15, 0.2) is 53.4 Å². The number of para-hydroxylation sites is 1. The fourth-order valence-corrected chi connectivity index (χ4v) is 3.00. The number of hydrogen-bond donors (Lipinski definition) is 1. The summed E-state index contributed by atoms with van der Waals surface area (Å²) < 4.78 is 29.0. The predicted octanol–water partition coefficient (Wildman–Crippen LogP) is 2.34. The normalized spacial score (nSPS) is 12.8. The zero-order valence-corrected chi connectivity index (χ0v) is 13.1. The van der Waals surface area contributed by atoms with Crippen molar-refractivity contribution in [3.63, 3.8) is 0 Å². The SMILES string of the molecule is Cc1ccc(C(O)COS(=O)(=O)c2ccccc2[N+](=O)[O-])cc1. The molecule has 2 aromatic carbocycles. The van der Waals surface area contributed by atoms with E-state index in [9.17, 15) is 23.6 Å². The van der Waals surface area contributed by atoms with Crippen LogP contribution in [0.2, 0.25) is 0 Å². The Kier molecular flexibility index (Phi) is 5.09. The number of aliphatic hydroxyl groups excluding tert-OH is 1. The predicted molar refractivity (Wildman–Crippen MR) is 82.4 cm³/mol. The summed E-state index contributed by atoms with van der Waals surface area (Å²) >= 11 is 0. The fourth-order valence-electron chi connectivity index (χ4n) is 1.92. The van der Waals surface area contributed by atoms with Gasteiger partial charge in [-0.1, -0.05) is 42.0 Å². The van der Waals surface area contributed by atoms with Crippen LogP contribution in [0.5, 0.6) is 0 Å². The number of benzene rings is 2. The lowest BCUT2D eigenvalue weighted by atomic mass is 10.1. The Bertz CT molecular complexity index is 801. The van der Waals surface area contributed by atoms with E-state index >= 15 is 0 Å². The molecule has 8 heteroatoms. The van der Waals surface area contributed by atoms with Gasteiger partial charge < -0.3 is 5.11 Å². The Labute approximate surface area is 133 Å². The monoisotopic (exact) mass is 337 g/mol. The summed E-state index contributed by atoms with van der Waals surface area (Å²) in [4.78, 5) is 9.56. The number of aryl methyl sites for hydroxylation is 1. The molecule has 0 saturated heterocycles. The Morgan fingerprint density at radius 2 is 1.78 bits per heavy atom. The molecule has 0 heterocycles. The molecule has 1 atom stereocenters. The van der Waals surface area contributed by atoms with Crippen molar-refractivity contribution in [3.05, 3.63) is 69.8 Å². The third-order valence-electron chi connectivity index (χ3n) is 3.17. The van der Waals surface area contributed by atoms with E-state index < -0.39 is 38.3 Å². The van der Waals surface area contributed by atoms with Crippen LogP contribution in [-0.2, 0) is 14.3 Å². The van der Waals surface area contributed by atoms with Crippen molar-refractivity contribution in [2.45, 2.75) is 17.9 Å². The summed E-state index contributed by atoms with van der Waals surface area (Å²) in [5.74, 6) is 0. The molecule has 0 spiro atoms. The second kappa shape index (κ2) is 6.86. The Balaban J connectivity index is 2.16. The van der Waals surface area contributed by atoms with Crippen molar-refractivity contribution < 1.29 is 22.6 Å². The Morgan fingerprint density at radius 1 is 1.17 bits per heavy atom. The molecule has 0 bridgehead atoms. The molecule has 2 rings (SSSR count). The van der Waals surface area contributed by atoms with Crippen LogP contribution in [-0.4, -0.2) is 25.1 Å². The lowest BCUT2D eigenvalue weighted by Gasteiger charge is -2.12. The summed E-state index contributed by atoms with van der Waals surface area (Å²) in [7, 11) is -4.35. The van der Waals surface area contributed by atoms with Gasteiger partial charge in [0.25, 0.3) is 5.69 Å². The maximum atomic E-state index is 12.1. The van der Waals surface area contributed by atoms with E-state index in [2.05, 4.69) is 0 Å². The molecule has 0 amide bonds. The van der Waals surface area contributed by atoms with Crippen LogP contribution in [0.1, 0.15) is 17.2 Å².